The molecule has 6 nitrogen and oxygen atoms in total. The van der Waals surface area contributed by atoms with Crippen LogP contribution in [0.1, 0.15) is 38.4 Å². The Morgan fingerprint density at radius 3 is 2.58 bits per heavy atom. The lowest BCUT2D eigenvalue weighted by Crippen LogP contribution is -2.23. The van der Waals surface area contributed by atoms with Crippen LogP contribution in [0.2, 0.25) is 0 Å². The number of carbonyl (C=O) groups is 1. The van der Waals surface area contributed by atoms with E-state index in [0.717, 1.165) is 39.2 Å². The topological polar surface area (TPSA) is 68.5 Å². The molecule has 0 fully saturated rings. The van der Waals surface area contributed by atoms with Gasteiger partial charge in [0.25, 0.3) is 5.91 Å². The maximum atomic E-state index is 12.8. The van der Waals surface area contributed by atoms with Crippen molar-refractivity contribution < 1.29 is 9.53 Å². The monoisotopic (exact) mass is 478 g/mol. The number of halogens is 1. The van der Waals surface area contributed by atoms with Crippen LogP contribution in [0.25, 0.3) is 5.65 Å². The zero-order valence-corrected chi connectivity index (χ0v) is 19.2. The highest BCUT2D eigenvalue weighted by molar-refractivity contribution is 9.10. The molecule has 2 aromatic carbocycles. The standard InChI is InChI=1S/C24H23BrN4O2/c1-15-20(12-18-6-4-5-7-22(18)25)16(2)29-23(28-15)21(14-27-29)24(30)26-13-17-8-10-19(31-3)11-9-17/h4-11,14H,12-13H2,1-3H3,(H,26,30). The molecule has 2 heterocycles. The number of fused-ring (bicyclic) bond motifs is 1. The number of nitrogens with zero attached hydrogens (tertiary/aromatic N) is 3. The molecule has 4 rings (SSSR count). The van der Waals surface area contributed by atoms with Crippen molar-refractivity contribution in [1.82, 2.24) is 19.9 Å². The van der Waals surface area contributed by atoms with Crippen molar-refractivity contribution in [3.05, 3.63) is 92.8 Å². The fraction of sp³-hybridized carbons (Fsp3) is 0.208. The summed E-state index contributed by atoms with van der Waals surface area (Å²) >= 11 is 3.62. The third kappa shape index (κ3) is 4.32. The maximum absolute atomic E-state index is 12.8. The third-order valence-electron chi connectivity index (χ3n) is 5.39. The van der Waals surface area contributed by atoms with Crippen LogP contribution >= 0.6 is 15.9 Å². The average Bonchev–Trinajstić information content (AvgIpc) is 3.20. The molecule has 0 spiro atoms. The zero-order valence-electron chi connectivity index (χ0n) is 17.6. The number of nitrogens with one attached hydrogen (secondary N) is 1. The van der Waals surface area contributed by atoms with Crippen molar-refractivity contribution in [2.45, 2.75) is 26.8 Å². The van der Waals surface area contributed by atoms with E-state index in [1.54, 1.807) is 17.8 Å². The van der Waals surface area contributed by atoms with E-state index in [9.17, 15) is 4.79 Å². The highest BCUT2D eigenvalue weighted by Crippen LogP contribution is 2.24. The maximum Gasteiger partial charge on any atom is 0.257 e. The number of hydrogen-bond donors (Lipinski definition) is 1. The summed E-state index contributed by atoms with van der Waals surface area (Å²) in [6, 6.07) is 15.7. The molecule has 0 radical (unpaired) electrons. The van der Waals surface area contributed by atoms with E-state index in [1.807, 2.05) is 56.3 Å². The number of aryl methyl sites for hydroxylation is 2. The number of ether oxygens (including phenoxy) is 1. The molecule has 0 unspecified atom stereocenters. The Morgan fingerprint density at radius 1 is 1.13 bits per heavy atom. The normalized spacial score (nSPS) is 11.0. The predicted molar refractivity (Wildman–Crippen MR) is 124 cm³/mol. The van der Waals surface area contributed by atoms with Gasteiger partial charge in [-0.2, -0.15) is 5.10 Å². The Morgan fingerprint density at radius 2 is 1.87 bits per heavy atom. The van der Waals surface area contributed by atoms with Gasteiger partial charge in [-0.15, -0.1) is 0 Å². The van der Waals surface area contributed by atoms with Gasteiger partial charge >= 0.3 is 0 Å². The number of aromatic nitrogens is 3. The van der Waals surface area contributed by atoms with E-state index in [-0.39, 0.29) is 5.91 Å². The van der Waals surface area contributed by atoms with Gasteiger partial charge < -0.3 is 10.1 Å². The summed E-state index contributed by atoms with van der Waals surface area (Å²) < 4.78 is 7.98. The number of benzene rings is 2. The van der Waals surface area contributed by atoms with Gasteiger partial charge in [0.2, 0.25) is 0 Å². The first-order valence-electron chi connectivity index (χ1n) is 9.96. The molecule has 1 amide bonds. The molecule has 0 atom stereocenters. The SMILES string of the molecule is COc1ccc(CNC(=O)c2cnn3c(C)c(Cc4ccccc4Br)c(C)nc23)cc1. The Bertz CT molecular complexity index is 1250. The summed E-state index contributed by atoms with van der Waals surface area (Å²) in [5, 5.41) is 7.40. The Balaban J connectivity index is 1.58. The van der Waals surface area contributed by atoms with Crippen molar-refractivity contribution in [2.24, 2.45) is 0 Å². The highest BCUT2D eigenvalue weighted by Gasteiger charge is 2.18. The van der Waals surface area contributed by atoms with Gasteiger partial charge in [-0.25, -0.2) is 9.50 Å². The first kappa shape index (κ1) is 21.1. The molecule has 1 N–H and O–H groups in total. The second-order valence-corrected chi connectivity index (χ2v) is 8.21. The molecule has 0 aliphatic carbocycles. The molecule has 0 saturated heterocycles. The number of hydrogen-bond acceptors (Lipinski definition) is 4. The minimum Gasteiger partial charge on any atom is -0.497 e. The summed E-state index contributed by atoms with van der Waals surface area (Å²) in [6.07, 6.45) is 2.32. The lowest BCUT2D eigenvalue weighted by Gasteiger charge is -2.13. The van der Waals surface area contributed by atoms with Gasteiger partial charge in [0, 0.05) is 28.8 Å². The van der Waals surface area contributed by atoms with Crippen molar-refractivity contribution in [2.75, 3.05) is 7.11 Å². The second kappa shape index (κ2) is 8.89. The van der Waals surface area contributed by atoms with Crippen LogP contribution in [0.5, 0.6) is 5.75 Å². The van der Waals surface area contributed by atoms with Crippen molar-refractivity contribution in [3.63, 3.8) is 0 Å². The van der Waals surface area contributed by atoms with Gasteiger partial charge in [0.05, 0.1) is 13.3 Å². The van der Waals surface area contributed by atoms with Crippen LogP contribution in [-0.2, 0) is 13.0 Å². The average molecular weight is 479 g/mol. The Hall–Kier alpha value is -3.19. The van der Waals surface area contributed by atoms with E-state index >= 15 is 0 Å². The molecule has 2 aromatic heterocycles. The number of carbonyl (C=O) groups excluding carboxylic acids is 1. The van der Waals surface area contributed by atoms with Crippen molar-refractivity contribution >= 4 is 27.5 Å². The molecular weight excluding hydrogens is 456 g/mol. The van der Waals surface area contributed by atoms with Crippen molar-refractivity contribution in [3.8, 4) is 5.75 Å². The lowest BCUT2D eigenvalue weighted by atomic mass is 10.0. The first-order chi connectivity index (χ1) is 15.0. The van der Waals surface area contributed by atoms with E-state index in [4.69, 9.17) is 9.72 Å². The van der Waals surface area contributed by atoms with Crippen LogP contribution in [0, 0.1) is 13.8 Å². The minimum absolute atomic E-state index is 0.198. The summed E-state index contributed by atoms with van der Waals surface area (Å²) in [7, 11) is 1.63. The molecule has 31 heavy (non-hydrogen) atoms. The van der Waals surface area contributed by atoms with E-state index in [1.165, 1.54) is 5.56 Å². The van der Waals surface area contributed by atoms with E-state index in [2.05, 4.69) is 32.4 Å². The predicted octanol–water partition coefficient (Wildman–Crippen LogP) is 4.64. The Labute approximate surface area is 189 Å². The lowest BCUT2D eigenvalue weighted by molar-refractivity contribution is 0.0952. The van der Waals surface area contributed by atoms with Crippen molar-refractivity contribution in [1.29, 1.82) is 0 Å². The summed E-state index contributed by atoms with van der Waals surface area (Å²) in [5.74, 6) is 0.585. The van der Waals surface area contributed by atoms with Crippen LogP contribution in [0.15, 0.2) is 59.2 Å². The minimum atomic E-state index is -0.198. The van der Waals surface area contributed by atoms with Gasteiger partial charge in [0.15, 0.2) is 5.65 Å². The second-order valence-electron chi connectivity index (χ2n) is 7.35. The molecule has 0 aliphatic heterocycles. The van der Waals surface area contributed by atoms with Gasteiger partial charge in [-0.3, -0.25) is 4.79 Å². The smallest absolute Gasteiger partial charge is 0.257 e. The first-order valence-corrected chi connectivity index (χ1v) is 10.8. The molecular formula is C24H23BrN4O2. The largest absolute Gasteiger partial charge is 0.497 e. The van der Waals surface area contributed by atoms with E-state index in [0.29, 0.717) is 17.8 Å². The van der Waals surface area contributed by atoms with E-state index < -0.39 is 0 Å². The highest BCUT2D eigenvalue weighted by atomic mass is 79.9. The fourth-order valence-corrected chi connectivity index (χ4v) is 4.01. The summed E-state index contributed by atoms with van der Waals surface area (Å²) in [5.41, 5.74) is 6.18. The number of methoxy groups -OCH3 is 1. The summed E-state index contributed by atoms with van der Waals surface area (Å²) in [4.78, 5) is 17.6. The van der Waals surface area contributed by atoms with Crippen LogP contribution in [-0.4, -0.2) is 27.6 Å². The number of amides is 1. The number of rotatable bonds is 6. The third-order valence-corrected chi connectivity index (χ3v) is 6.16. The summed E-state index contributed by atoms with van der Waals surface area (Å²) in [6.45, 7) is 4.41. The molecule has 7 heteroatoms. The van der Waals surface area contributed by atoms with Crippen LogP contribution in [0.4, 0.5) is 0 Å². The Kier molecular flexibility index (Phi) is 6.04. The van der Waals surface area contributed by atoms with Gasteiger partial charge in [-0.1, -0.05) is 46.3 Å². The van der Waals surface area contributed by atoms with Gasteiger partial charge in [0.1, 0.15) is 11.3 Å². The molecule has 0 bridgehead atoms. The fourth-order valence-electron chi connectivity index (χ4n) is 3.58. The molecule has 4 aromatic rings. The van der Waals surface area contributed by atoms with Crippen LogP contribution in [0.3, 0.4) is 0 Å². The van der Waals surface area contributed by atoms with Gasteiger partial charge in [-0.05, 0) is 48.7 Å². The molecule has 158 valence electrons. The zero-order chi connectivity index (χ0) is 22.0. The molecule has 0 aliphatic rings. The van der Waals surface area contributed by atoms with Crippen LogP contribution < -0.4 is 10.1 Å². The molecule has 0 saturated carbocycles. The quantitative estimate of drug-likeness (QED) is 0.438.